The number of fused-ring (bicyclic) bond motifs is 1. The van der Waals surface area contributed by atoms with E-state index >= 15 is 0 Å². The SMILES string of the molecule is Cc1ccc(S(=O)(=O)N(C)CC(=O)N=Nc2c(O)[nH]c3c(C)c(C)ccc23)cc1. The number of aryl methyl sites for hydroxylation is 3. The summed E-state index contributed by atoms with van der Waals surface area (Å²) in [4.78, 5) is 15.1. The maximum absolute atomic E-state index is 12.6. The molecule has 2 N–H and O–H groups in total. The third-order valence-corrected chi connectivity index (χ3v) is 6.62. The summed E-state index contributed by atoms with van der Waals surface area (Å²) in [7, 11) is -2.52. The Morgan fingerprint density at radius 1 is 1.10 bits per heavy atom. The van der Waals surface area contributed by atoms with E-state index in [0.29, 0.717) is 10.9 Å². The highest BCUT2D eigenvalue weighted by Crippen LogP contribution is 2.37. The van der Waals surface area contributed by atoms with Crippen LogP contribution in [0, 0.1) is 20.8 Å². The number of aromatic hydroxyl groups is 1. The van der Waals surface area contributed by atoms with Gasteiger partial charge in [-0.05, 0) is 44.0 Å². The van der Waals surface area contributed by atoms with Gasteiger partial charge in [0.15, 0.2) is 5.69 Å². The first-order valence-electron chi connectivity index (χ1n) is 8.89. The minimum atomic E-state index is -3.82. The number of carbonyl (C=O) groups excluding carboxylic acids is 1. The highest BCUT2D eigenvalue weighted by molar-refractivity contribution is 7.89. The number of H-pyrrole nitrogens is 1. The Hall–Kier alpha value is -3.04. The van der Waals surface area contributed by atoms with Gasteiger partial charge in [-0.25, -0.2) is 8.42 Å². The molecule has 0 aliphatic rings. The normalized spacial score (nSPS) is 12.3. The Kier molecular flexibility index (Phi) is 5.54. The van der Waals surface area contributed by atoms with Crippen LogP contribution in [-0.4, -0.2) is 42.3 Å². The lowest BCUT2D eigenvalue weighted by molar-refractivity contribution is -0.118. The quantitative estimate of drug-likeness (QED) is 0.619. The Labute approximate surface area is 168 Å². The van der Waals surface area contributed by atoms with Gasteiger partial charge in [0.05, 0.1) is 17.0 Å². The molecular weight excluding hydrogens is 392 g/mol. The van der Waals surface area contributed by atoms with Crippen LogP contribution >= 0.6 is 0 Å². The van der Waals surface area contributed by atoms with Crippen LogP contribution in [-0.2, 0) is 14.8 Å². The molecule has 2 aromatic carbocycles. The van der Waals surface area contributed by atoms with E-state index in [-0.39, 0.29) is 16.5 Å². The van der Waals surface area contributed by atoms with Crippen molar-refractivity contribution in [2.24, 2.45) is 10.2 Å². The van der Waals surface area contributed by atoms with Crippen molar-refractivity contribution in [2.75, 3.05) is 13.6 Å². The number of aromatic amines is 1. The fraction of sp³-hybridized carbons (Fsp3) is 0.250. The molecule has 29 heavy (non-hydrogen) atoms. The zero-order valence-corrected chi connectivity index (χ0v) is 17.4. The van der Waals surface area contributed by atoms with Gasteiger partial charge in [0, 0.05) is 12.4 Å². The van der Waals surface area contributed by atoms with E-state index in [1.165, 1.54) is 19.2 Å². The van der Waals surface area contributed by atoms with Gasteiger partial charge < -0.3 is 10.1 Å². The van der Waals surface area contributed by atoms with E-state index in [9.17, 15) is 18.3 Å². The van der Waals surface area contributed by atoms with Crippen LogP contribution in [0.1, 0.15) is 16.7 Å². The molecule has 0 unspecified atom stereocenters. The second-order valence-corrected chi connectivity index (χ2v) is 8.96. The van der Waals surface area contributed by atoms with E-state index in [2.05, 4.69) is 15.2 Å². The number of benzene rings is 2. The minimum Gasteiger partial charge on any atom is -0.493 e. The van der Waals surface area contributed by atoms with E-state index in [4.69, 9.17) is 0 Å². The van der Waals surface area contributed by atoms with Crippen LogP contribution in [0.25, 0.3) is 10.9 Å². The predicted molar refractivity (Wildman–Crippen MR) is 110 cm³/mol. The molecule has 9 heteroatoms. The molecule has 3 rings (SSSR count). The maximum atomic E-state index is 12.6. The van der Waals surface area contributed by atoms with Gasteiger partial charge in [0.25, 0.3) is 5.91 Å². The van der Waals surface area contributed by atoms with Crippen molar-refractivity contribution in [3.05, 3.63) is 53.1 Å². The van der Waals surface area contributed by atoms with Gasteiger partial charge in [-0.2, -0.15) is 4.31 Å². The summed E-state index contributed by atoms with van der Waals surface area (Å²) < 4.78 is 26.1. The van der Waals surface area contributed by atoms with Crippen LogP contribution in [0.4, 0.5) is 5.69 Å². The van der Waals surface area contributed by atoms with Crippen LogP contribution in [0.3, 0.4) is 0 Å². The second-order valence-electron chi connectivity index (χ2n) is 6.92. The van der Waals surface area contributed by atoms with E-state index in [1.54, 1.807) is 18.2 Å². The lowest BCUT2D eigenvalue weighted by Crippen LogP contribution is -2.31. The standard InChI is InChI=1S/C20H22N4O4S/c1-12-5-8-15(9-6-12)29(27,28)24(4)11-17(25)22-23-19-16-10-7-13(2)14(3)18(16)21-20(19)26/h5-10,21,26H,11H2,1-4H3. The molecule has 1 aromatic heterocycles. The average molecular weight is 414 g/mol. The first-order valence-corrected chi connectivity index (χ1v) is 10.3. The van der Waals surface area contributed by atoms with Crippen molar-refractivity contribution in [3.8, 4) is 5.88 Å². The van der Waals surface area contributed by atoms with Crippen molar-refractivity contribution in [2.45, 2.75) is 25.7 Å². The van der Waals surface area contributed by atoms with Crippen molar-refractivity contribution >= 4 is 32.5 Å². The van der Waals surface area contributed by atoms with Crippen molar-refractivity contribution in [1.29, 1.82) is 0 Å². The summed E-state index contributed by atoms with van der Waals surface area (Å²) >= 11 is 0. The summed E-state index contributed by atoms with van der Waals surface area (Å²) in [5.41, 5.74) is 3.78. The van der Waals surface area contributed by atoms with Crippen molar-refractivity contribution in [1.82, 2.24) is 9.29 Å². The molecule has 0 saturated carbocycles. The van der Waals surface area contributed by atoms with Gasteiger partial charge in [-0.3, -0.25) is 4.79 Å². The molecule has 1 heterocycles. The molecule has 8 nitrogen and oxygen atoms in total. The molecule has 0 spiro atoms. The number of rotatable bonds is 5. The first kappa shape index (κ1) is 20.7. The van der Waals surface area contributed by atoms with Gasteiger partial charge in [-0.15, -0.1) is 10.2 Å². The Morgan fingerprint density at radius 2 is 1.76 bits per heavy atom. The topological polar surface area (TPSA) is 115 Å². The number of likely N-dealkylation sites (N-methyl/N-ethyl adjacent to an activating group) is 1. The monoisotopic (exact) mass is 414 g/mol. The van der Waals surface area contributed by atoms with Crippen LogP contribution < -0.4 is 0 Å². The number of nitrogens with zero attached hydrogens (tertiary/aromatic N) is 3. The summed E-state index contributed by atoms with van der Waals surface area (Å²) in [6.45, 7) is 5.24. The van der Waals surface area contributed by atoms with E-state index in [1.807, 2.05) is 26.8 Å². The smallest absolute Gasteiger partial charge is 0.279 e. The molecule has 152 valence electrons. The minimum absolute atomic E-state index is 0.0930. The predicted octanol–water partition coefficient (Wildman–Crippen LogP) is 3.73. The number of nitrogens with one attached hydrogen (secondary N) is 1. The van der Waals surface area contributed by atoms with E-state index in [0.717, 1.165) is 21.0 Å². The molecule has 0 aliphatic heterocycles. The number of azo groups is 1. The summed E-state index contributed by atoms with van der Waals surface area (Å²) in [6, 6.07) is 10.0. The second kappa shape index (κ2) is 7.76. The number of amides is 1. The van der Waals surface area contributed by atoms with Crippen LogP contribution in [0.15, 0.2) is 51.5 Å². The molecule has 1 amide bonds. The number of sulfonamides is 1. The van der Waals surface area contributed by atoms with E-state index < -0.39 is 22.5 Å². The molecule has 0 radical (unpaired) electrons. The Morgan fingerprint density at radius 3 is 2.41 bits per heavy atom. The van der Waals surface area contributed by atoms with Gasteiger partial charge in [-0.1, -0.05) is 29.8 Å². The largest absolute Gasteiger partial charge is 0.493 e. The number of aromatic nitrogens is 1. The molecule has 3 aromatic rings. The summed E-state index contributed by atoms with van der Waals surface area (Å²) in [5.74, 6) is -0.952. The molecular formula is C20H22N4O4S. The fourth-order valence-corrected chi connectivity index (χ4v) is 4.00. The van der Waals surface area contributed by atoms with Crippen molar-refractivity contribution < 1.29 is 18.3 Å². The number of hydrogen-bond acceptors (Lipinski definition) is 5. The maximum Gasteiger partial charge on any atom is 0.279 e. The van der Waals surface area contributed by atoms with Gasteiger partial charge in [0.2, 0.25) is 15.9 Å². The Balaban J connectivity index is 1.79. The van der Waals surface area contributed by atoms with Gasteiger partial charge >= 0.3 is 0 Å². The zero-order chi connectivity index (χ0) is 21.3. The lowest BCUT2D eigenvalue weighted by atomic mass is 10.1. The zero-order valence-electron chi connectivity index (χ0n) is 16.6. The lowest BCUT2D eigenvalue weighted by Gasteiger charge is -2.15. The molecule has 0 saturated heterocycles. The van der Waals surface area contributed by atoms with Crippen LogP contribution in [0.2, 0.25) is 0 Å². The fourth-order valence-electron chi connectivity index (χ4n) is 2.88. The molecule has 0 fully saturated rings. The average Bonchev–Trinajstić information content (AvgIpc) is 2.99. The summed E-state index contributed by atoms with van der Waals surface area (Å²) in [5, 5.41) is 18.2. The summed E-state index contributed by atoms with van der Waals surface area (Å²) in [6.07, 6.45) is 0. The highest BCUT2D eigenvalue weighted by atomic mass is 32.2. The Bertz CT molecular complexity index is 1210. The van der Waals surface area contributed by atoms with Crippen LogP contribution in [0.5, 0.6) is 5.88 Å². The number of carbonyl (C=O) groups is 1. The third-order valence-electron chi connectivity index (χ3n) is 4.81. The molecule has 0 atom stereocenters. The first-order chi connectivity index (χ1) is 13.6. The third kappa shape index (κ3) is 4.06. The molecule has 0 bridgehead atoms. The number of hydrogen-bond donors (Lipinski definition) is 2. The van der Waals surface area contributed by atoms with Crippen molar-refractivity contribution in [3.63, 3.8) is 0 Å². The highest BCUT2D eigenvalue weighted by Gasteiger charge is 2.23. The molecule has 0 aliphatic carbocycles. The van der Waals surface area contributed by atoms with Gasteiger partial charge in [0.1, 0.15) is 0 Å².